The number of amides is 3. The van der Waals surface area contributed by atoms with Gasteiger partial charge in [-0.05, 0) is 49.5 Å². The van der Waals surface area contributed by atoms with Crippen molar-refractivity contribution in [3.63, 3.8) is 0 Å². The molecule has 3 N–H and O–H groups in total. The summed E-state index contributed by atoms with van der Waals surface area (Å²) in [5, 5.41) is 9.11. The van der Waals surface area contributed by atoms with Gasteiger partial charge in [0.05, 0.1) is 10.6 Å². The van der Waals surface area contributed by atoms with Crippen LogP contribution in [-0.4, -0.2) is 48.9 Å². The maximum absolute atomic E-state index is 12.6. The Morgan fingerprint density at radius 1 is 1.10 bits per heavy atom. The number of benzene rings is 1. The first-order chi connectivity index (χ1) is 14.4. The molecular weight excluding hydrogens is 445 g/mol. The summed E-state index contributed by atoms with van der Waals surface area (Å²) in [5.74, 6) is 0.157. The first-order valence-electron chi connectivity index (χ1n) is 10.2. The largest absolute Gasteiger partial charge is 0.354 e. The average molecular weight is 474 g/mol. The number of halogens is 2. The van der Waals surface area contributed by atoms with Crippen LogP contribution in [0.2, 0.25) is 10.0 Å². The first kappa shape index (κ1) is 24.8. The van der Waals surface area contributed by atoms with Crippen molar-refractivity contribution < 1.29 is 14.4 Å². The van der Waals surface area contributed by atoms with Crippen LogP contribution >= 0.6 is 35.0 Å². The summed E-state index contributed by atoms with van der Waals surface area (Å²) in [6.45, 7) is 0.678. The quantitative estimate of drug-likeness (QED) is 0.452. The lowest BCUT2D eigenvalue weighted by Gasteiger charge is -2.21. The van der Waals surface area contributed by atoms with Gasteiger partial charge in [-0.25, -0.2) is 0 Å². The van der Waals surface area contributed by atoms with Gasteiger partial charge >= 0.3 is 0 Å². The molecule has 1 aliphatic rings. The Labute approximate surface area is 192 Å². The van der Waals surface area contributed by atoms with E-state index in [0.717, 1.165) is 25.7 Å². The van der Waals surface area contributed by atoms with Crippen molar-refractivity contribution in [3.05, 3.63) is 33.8 Å². The Balaban J connectivity index is 1.83. The van der Waals surface area contributed by atoms with Crippen molar-refractivity contribution in [2.24, 2.45) is 5.92 Å². The number of nitrogens with one attached hydrogen (secondary N) is 3. The van der Waals surface area contributed by atoms with Gasteiger partial charge in [-0.15, -0.1) is 0 Å². The third kappa shape index (κ3) is 8.00. The summed E-state index contributed by atoms with van der Waals surface area (Å²) in [4.78, 5) is 37.3. The Hall–Kier alpha value is -1.44. The molecule has 0 radical (unpaired) electrons. The predicted octanol–water partition coefficient (Wildman–Crippen LogP) is 3.66. The molecule has 1 aromatic rings. The van der Waals surface area contributed by atoms with Crippen molar-refractivity contribution in [2.75, 3.05) is 25.1 Å². The van der Waals surface area contributed by atoms with Crippen LogP contribution in [0.4, 0.5) is 0 Å². The zero-order valence-corrected chi connectivity index (χ0v) is 19.5. The fourth-order valence-electron chi connectivity index (χ4n) is 3.42. The summed E-state index contributed by atoms with van der Waals surface area (Å²) in [6.07, 6.45) is 7.70. The maximum Gasteiger partial charge on any atom is 0.253 e. The molecule has 1 atom stereocenters. The molecule has 1 fully saturated rings. The summed E-state index contributed by atoms with van der Waals surface area (Å²) in [6, 6.07) is 3.91. The van der Waals surface area contributed by atoms with E-state index in [0.29, 0.717) is 30.3 Å². The van der Waals surface area contributed by atoms with E-state index >= 15 is 0 Å². The van der Waals surface area contributed by atoms with Crippen LogP contribution in [0.3, 0.4) is 0 Å². The standard InChI is InChI=1S/C21H29Cl2N3O3S/c1-30-12-9-18(26-20(28)16-8-7-15(22)13-17(16)23)21(29)25-11-10-24-19(27)14-5-3-2-4-6-14/h7-8,13-14,18H,2-6,9-12H2,1H3,(H,24,27)(H,25,29)(H,26,28). The van der Waals surface area contributed by atoms with Gasteiger partial charge in [0.2, 0.25) is 11.8 Å². The van der Waals surface area contributed by atoms with Gasteiger partial charge in [0.1, 0.15) is 6.04 Å². The third-order valence-corrected chi connectivity index (χ3v) is 6.30. The highest BCUT2D eigenvalue weighted by Gasteiger charge is 2.23. The molecule has 1 aromatic carbocycles. The summed E-state index contributed by atoms with van der Waals surface area (Å²) >= 11 is 13.6. The topological polar surface area (TPSA) is 87.3 Å². The van der Waals surface area contributed by atoms with Crippen LogP contribution in [0.25, 0.3) is 0 Å². The van der Waals surface area contributed by atoms with Gasteiger partial charge in [-0.3, -0.25) is 14.4 Å². The van der Waals surface area contributed by atoms with E-state index in [1.54, 1.807) is 17.8 Å². The van der Waals surface area contributed by atoms with Crippen LogP contribution < -0.4 is 16.0 Å². The van der Waals surface area contributed by atoms with E-state index in [9.17, 15) is 14.4 Å². The first-order valence-corrected chi connectivity index (χ1v) is 12.4. The van der Waals surface area contributed by atoms with E-state index in [1.165, 1.54) is 18.6 Å². The molecule has 3 amide bonds. The Morgan fingerprint density at radius 2 is 1.80 bits per heavy atom. The number of carbonyl (C=O) groups is 3. The molecule has 1 aliphatic carbocycles. The molecule has 1 saturated carbocycles. The van der Waals surface area contributed by atoms with E-state index in [2.05, 4.69) is 16.0 Å². The summed E-state index contributed by atoms with van der Waals surface area (Å²) < 4.78 is 0. The van der Waals surface area contributed by atoms with E-state index in [1.807, 2.05) is 6.26 Å². The predicted molar refractivity (Wildman–Crippen MR) is 123 cm³/mol. The minimum absolute atomic E-state index is 0.0635. The molecule has 30 heavy (non-hydrogen) atoms. The Bertz CT molecular complexity index is 742. The van der Waals surface area contributed by atoms with E-state index in [4.69, 9.17) is 23.2 Å². The van der Waals surface area contributed by atoms with Crippen LogP contribution in [0.1, 0.15) is 48.9 Å². The lowest BCUT2D eigenvalue weighted by Crippen LogP contribution is -2.48. The highest BCUT2D eigenvalue weighted by atomic mass is 35.5. The van der Waals surface area contributed by atoms with Gasteiger partial charge < -0.3 is 16.0 Å². The Morgan fingerprint density at radius 3 is 2.47 bits per heavy atom. The highest BCUT2D eigenvalue weighted by molar-refractivity contribution is 7.98. The monoisotopic (exact) mass is 473 g/mol. The molecule has 6 nitrogen and oxygen atoms in total. The number of thioether (sulfide) groups is 1. The highest BCUT2D eigenvalue weighted by Crippen LogP contribution is 2.23. The van der Waals surface area contributed by atoms with Crippen LogP contribution in [0.5, 0.6) is 0 Å². The van der Waals surface area contributed by atoms with Crippen molar-refractivity contribution in [2.45, 2.75) is 44.6 Å². The zero-order chi connectivity index (χ0) is 21.9. The van der Waals surface area contributed by atoms with Crippen LogP contribution in [-0.2, 0) is 9.59 Å². The second-order valence-electron chi connectivity index (χ2n) is 7.35. The number of rotatable bonds is 10. The van der Waals surface area contributed by atoms with Crippen molar-refractivity contribution in [1.82, 2.24) is 16.0 Å². The number of hydrogen-bond donors (Lipinski definition) is 3. The SMILES string of the molecule is CSCCC(NC(=O)c1ccc(Cl)cc1Cl)C(=O)NCCNC(=O)C1CCCCC1. The van der Waals surface area contributed by atoms with Gasteiger partial charge in [0.15, 0.2) is 0 Å². The van der Waals surface area contributed by atoms with Crippen LogP contribution in [0.15, 0.2) is 18.2 Å². The minimum Gasteiger partial charge on any atom is -0.354 e. The molecule has 0 spiro atoms. The van der Waals surface area contributed by atoms with E-state index in [-0.39, 0.29) is 28.3 Å². The maximum atomic E-state index is 12.6. The minimum atomic E-state index is -0.689. The van der Waals surface area contributed by atoms with Crippen molar-refractivity contribution in [1.29, 1.82) is 0 Å². The average Bonchev–Trinajstić information content (AvgIpc) is 2.74. The lowest BCUT2D eigenvalue weighted by molar-refractivity contribution is -0.126. The zero-order valence-electron chi connectivity index (χ0n) is 17.1. The molecule has 0 aromatic heterocycles. The molecule has 0 bridgehead atoms. The molecule has 166 valence electrons. The normalized spacial score (nSPS) is 15.3. The molecule has 2 rings (SSSR count). The van der Waals surface area contributed by atoms with Crippen molar-refractivity contribution >= 4 is 52.7 Å². The summed E-state index contributed by atoms with van der Waals surface area (Å²) in [5.41, 5.74) is 0.266. The second-order valence-corrected chi connectivity index (χ2v) is 9.18. The van der Waals surface area contributed by atoms with E-state index < -0.39 is 11.9 Å². The molecular formula is C21H29Cl2N3O3S. The van der Waals surface area contributed by atoms with Crippen molar-refractivity contribution in [3.8, 4) is 0 Å². The van der Waals surface area contributed by atoms with Gasteiger partial charge in [-0.1, -0.05) is 42.5 Å². The van der Waals surface area contributed by atoms with Gasteiger partial charge in [-0.2, -0.15) is 11.8 Å². The van der Waals surface area contributed by atoms with Gasteiger partial charge in [0.25, 0.3) is 5.91 Å². The lowest BCUT2D eigenvalue weighted by atomic mass is 9.89. The molecule has 1 unspecified atom stereocenters. The summed E-state index contributed by atoms with van der Waals surface area (Å²) in [7, 11) is 0. The number of carbonyl (C=O) groups excluding carboxylic acids is 3. The number of hydrogen-bond acceptors (Lipinski definition) is 4. The fourth-order valence-corrected chi connectivity index (χ4v) is 4.38. The fraction of sp³-hybridized carbons (Fsp3) is 0.571. The molecule has 0 aliphatic heterocycles. The third-order valence-electron chi connectivity index (χ3n) is 5.11. The second kappa shape index (κ2) is 13.1. The molecule has 9 heteroatoms. The van der Waals surface area contributed by atoms with Gasteiger partial charge in [0, 0.05) is 24.0 Å². The van der Waals surface area contributed by atoms with Crippen LogP contribution in [0, 0.1) is 5.92 Å². The smallest absolute Gasteiger partial charge is 0.253 e. The molecule has 0 heterocycles. The molecule has 0 saturated heterocycles. The Kier molecular flexibility index (Phi) is 10.8.